The average molecular weight is 243 g/mol. The lowest BCUT2D eigenvalue weighted by atomic mass is 10.2. The van der Waals surface area contributed by atoms with Gasteiger partial charge in [0.2, 0.25) is 0 Å². The number of carbonyl (C=O) groups excluding carboxylic acids is 2. The third-order valence-corrected chi connectivity index (χ3v) is 2.47. The van der Waals surface area contributed by atoms with Gasteiger partial charge in [0.15, 0.2) is 0 Å². The second-order valence-corrected chi connectivity index (χ2v) is 4.99. The van der Waals surface area contributed by atoms with Crippen LogP contribution in [0.15, 0.2) is 11.4 Å². The normalized spacial score (nSPS) is 11.0. The van der Waals surface area contributed by atoms with Gasteiger partial charge >= 0.3 is 11.9 Å². The van der Waals surface area contributed by atoms with Crippen LogP contribution in [0, 0.1) is 0 Å². The molecule has 0 aromatic carbocycles. The van der Waals surface area contributed by atoms with Gasteiger partial charge in [-0.05, 0) is 32.2 Å². The Bertz CT molecular complexity index is 405. The van der Waals surface area contributed by atoms with Crippen molar-refractivity contribution in [2.24, 2.45) is 5.90 Å². The molecule has 0 aliphatic carbocycles. The molecule has 0 atom stereocenters. The van der Waals surface area contributed by atoms with Gasteiger partial charge in [0.1, 0.15) is 10.5 Å². The quantitative estimate of drug-likeness (QED) is 0.632. The van der Waals surface area contributed by atoms with Gasteiger partial charge in [0, 0.05) is 0 Å². The predicted octanol–water partition coefficient (Wildman–Crippen LogP) is 1.73. The number of nitrogens with two attached hydrogens (primary N) is 1. The van der Waals surface area contributed by atoms with E-state index in [9.17, 15) is 9.59 Å². The van der Waals surface area contributed by atoms with Gasteiger partial charge in [0.05, 0.1) is 5.56 Å². The predicted molar refractivity (Wildman–Crippen MR) is 59.1 cm³/mol. The number of esters is 1. The Kier molecular flexibility index (Phi) is 3.66. The van der Waals surface area contributed by atoms with E-state index in [1.54, 1.807) is 26.2 Å². The molecule has 5 nitrogen and oxygen atoms in total. The Morgan fingerprint density at radius 2 is 1.94 bits per heavy atom. The molecule has 1 heterocycles. The summed E-state index contributed by atoms with van der Waals surface area (Å²) in [6.45, 7) is 5.24. The summed E-state index contributed by atoms with van der Waals surface area (Å²) in [6.07, 6.45) is 0. The zero-order chi connectivity index (χ0) is 12.3. The largest absolute Gasteiger partial charge is 0.456 e. The number of rotatable bonds is 2. The van der Waals surface area contributed by atoms with Crippen molar-refractivity contribution in [3.05, 3.63) is 21.9 Å². The second-order valence-electron chi connectivity index (χ2n) is 4.07. The Hall–Kier alpha value is -1.40. The van der Waals surface area contributed by atoms with Crippen LogP contribution >= 0.6 is 11.3 Å². The molecule has 1 aromatic heterocycles. The Morgan fingerprint density at radius 1 is 1.31 bits per heavy atom. The molecule has 0 saturated carbocycles. The summed E-state index contributed by atoms with van der Waals surface area (Å²) in [7, 11) is 0. The van der Waals surface area contributed by atoms with Crippen LogP contribution in [0.5, 0.6) is 0 Å². The molecule has 0 aliphatic rings. The number of thiophene rings is 1. The Morgan fingerprint density at radius 3 is 2.44 bits per heavy atom. The maximum absolute atomic E-state index is 11.7. The highest BCUT2D eigenvalue weighted by molar-refractivity contribution is 7.12. The summed E-state index contributed by atoms with van der Waals surface area (Å²) in [5.41, 5.74) is -0.432. The van der Waals surface area contributed by atoms with Crippen LogP contribution in [-0.4, -0.2) is 17.5 Å². The van der Waals surface area contributed by atoms with Crippen LogP contribution in [-0.2, 0) is 9.57 Å². The van der Waals surface area contributed by atoms with Crippen molar-refractivity contribution >= 4 is 23.3 Å². The zero-order valence-corrected chi connectivity index (χ0v) is 10.1. The molecule has 1 rings (SSSR count). The van der Waals surface area contributed by atoms with E-state index in [4.69, 9.17) is 10.6 Å². The maximum Gasteiger partial charge on any atom is 0.367 e. The fraction of sp³-hybridized carbons (Fsp3) is 0.400. The van der Waals surface area contributed by atoms with Gasteiger partial charge in [-0.15, -0.1) is 11.3 Å². The van der Waals surface area contributed by atoms with E-state index < -0.39 is 17.5 Å². The third-order valence-electron chi connectivity index (χ3n) is 1.58. The first-order valence-corrected chi connectivity index (χ1v) is 5.45. The van der Waals surface area contributed by atoms with Crippen LogP contribution in [0.25, 0.3) is 0 Å². The molecule has 1 aromatic rings. The van der Waals surface area contributed by atoms with Gasteiger partial charge in [-0.1, -0.05) is 0 Å². The molecule has 0 bridgehead atoms. The molecule has 0 saturated heterocycles. The van der Waals surface area contributed by atoms with Gasteiger partial charge in [-0.2, -0.15) is 5.90 Å². The van der Waals surface area contributed by atoms with Crippen LogP contribution in [0.4, 0.5) is 0 Å². The highest BCUT2D eigenvalue weighted by Gasteiger charge is 2.24. The first kappa shape index (κ1) is 12.7. The van der Waals surface area contributed by atoms with E-state index >= 15 is 0 Å². The Balaban J connectivity index is 2.93. The number of hydrogen-bond donors (Lipinski definition) is 1. The summed E-state index contributed by atoms with van der Waals surface area (Å²) in [5, 5.41) is 1.60. The smallest absolute Gasteiger partial charge is 0.367 e. The average Bonchev–Trinajstić information content (AvgIpc) is 2.62. The highest BCUT2D eigenvalue weighted by Crippen LogP contribution is 2.20. The third kappa shape index (κ3) is 3.04. The molecule has 6 heteroatoms. The molecular weight excluding hydrogens is 230 g/mol. The zero-order valence-electron chi connectivity index (χ0n) is 9.27. The summed E-state index contributed by atoms with van der Waals surface area (Å²) in [4.78, 5) is 27.1. The van der Waals surface area contributed by atoms with Crippen molar-refractivity contribution in [2.45, 2.75) is 26.4 Å². The summed E-state index contributed by atoms with van der Waals surface area (Å²) >= 11 is 1.08. The monoisotopic (exact) mass is 243 g/mol. The van der Waals surface area contributed by atoms with Crippen LogP contribution in [0.3, 0.4) is 0 Å². The van der Waals surface area contributed by atoms with Crippen molar-refractivity contribution in [1.29, 1.82) is 0 Å². The van der Waals surface area contributed by atoms with E-state index in [1.165, 1.54) is 6.07 Å². The lowest BCUT2D eigenvalue weighted by Crippen LogP contribution is -2.25. The molecule has 2 N–H and O–H groups in total. The first-order chi connectivity index (χ1) is 7.35. The maximum atomic E-state index is 11.7. The standard InChI is InChI=1S/C10H13NO4S/c1-10(2,3)14-8(12)6-4-5-16-7(6)9(13)15-11/h4-5H,11H2,1-3H3. The van der Waals surface area contributed by atoms with Crippen molar-refractivity contribution < 1.29 is 19.2 Å². The van der Waals surface area contributed by atoms with E-state index in [-0.39, 0.29) is 10.4 Å². The second kappa shape index (κ2) is 4.63. The Labute approximate surface area is 97.1 Å². The topological polar surface area (TPSA) is 78.6 Å². The molecule has 0 aliphatic heterocycles. The first-order valence-electron chi connectivity index (χ1n) is 4.57. The fourth-order valence-corrected chi connectivity index (χ4v) is 1.78. The van der Waals surface area contributed by atoms with Crippen molar-refractivity contribution in [3.63, 3.8) is 0 Å². The molecule has 0 fully saturated rings. The molecule has 0 radical (unpaired) electrons. The lowest BCUT2D eigenvalue weighted by molar-refractivity contribution is 0.00653. The van der Waals surface area contributed by atoms with Gasteiger partial charge in [0.25, 0.3) is 0 Å². The fourth-order valence-electron chi connectivity index (χ4n) is 1.01. The minimum Gasteiger partial charge on any atom is -0.456 e. The van der Waals surface area contributed by atoms with Crippen LogP contribution < -0.4 is 5.90 Å². The van der Waals surface area contributed by atoms with Crippen LogP contribution in [0.1, 0.15) is 40.8 Å². The van der Waals surface area contributed by atoms with Crippen molar-refractivity contribution in [2.75, 3.05) is 0 Å². The minimum atomic E-state index is -0.740. The number of ether oxygens (including phenoxy) is 1. The summed E-state index contributed by atoms with van der Waals surface area (Å²) in [5.74, 6) is 3.46. The summed E-state index contributed by atoms with van der Waals surface area (Å²) < 4.78 is 5.14. The molecule has 16 heavy (non-hydrogen) atoms. The van der Waals surface area contributed by atoms with E-state index in [1.807, 2.05) is 0 Å². The van der Waals surface area contributed by atoms with Gasteiger partial charge in [-0.25, -0.2) is 9.59 Å². The van der Waals surface area contributed by atoms with E-state index in [0.717, 1.165) is 11.3 Å². The molecular formula is C10H13NO4S. The van der Waals surface area contributed by atoms with Crippen LogP contribution in [0.2, 0.25) is 0 Å². The minimum absolute atomic E-state index is 0.150. The van der Waals surface area contributed by atoms with Crippen molar-refractivity contribution in [1.82, 2.24) is 0 Å². The SMILES string of the molecule is CC(C)(C)OC(=O)c1ccsc1C(=O)ON. The number of carbonyl (C=O) groups is 2. The molecule has 0 amide bonds. The molecule has 0 spiro atoms. The van der Waals surface area contributed by atoms with Crippen molar-refractivity contribution in [3.8, 4) is 0 Å². The molecule has 0 unspecified atom stereocenters. The lowest BCUT2D eigenvalue weighted by Gasteiger charge is -2.19. The van der Waals surface area contributed by atoms with Gasteiger partial charge in [-0.3, -0.25) is 0 Å². The summed E-state index contributed by atoms with van der Waals surface area (Å²) in [6, 6.07) is 1.50. The highest BCUT2D eigenvalue weighted by atomic mass is 32.1. The van der Waals surface area contributed by atoms with E-state index in [0.29, 0.717) is 0 Å². The van der Waals surface area contributed by atoms with E-state index in [2.05, 4.69) is 4.84 Å². The molecule has 88 valence electrons. The number of hydrogen-bond acceptors (Lipinski definition) is 6. The van der Waals surface area contributed by atoms with Gasteiger partial charge < -0.3 is 9.57 Å².